The molecule has 0 fully saturated rings. The molecule has 3 aromatic rings. The molecule has 0 bridgehead atoms. The van der Waals surface area contributed by atoms with Crippen molar-refractivity contribution in [3.05, 3.63) is 94.4 Å². The number of benzene rings is 3. The molecule has 0 atom stereocenters. The van der Waals surface area contributed by atoms with Crippen LogP contribution in [0.1, 0.15) is 11.1 Å². The van der Waals surface area contributed by atoms with Crippen molar-refractivity contribution >= 4 is 23.1 Å². The Morgan fingerprint density at radius 2 is 1.07 bits per heavy atom. The minimum Gasteiger partial charge on any atom is -0.378 e. The van der Waals surface area contributed by atoms with Gasteiger partial charge in [0.25, 0.3) is 0 Å². The van der Waals surface area contributed by atoms with Gasteiger partial charge in [-0.3, -0.25) is 0 Å². The van der Waals surface area contributed by atoms with E-state index in [2.05, 4.69) is 122 Å². The van der Waals surface area contributed by atoms with Gasteiger partial charge in [0.15, 0.2) is 0 Å². The van der Waals surface area contributed by atoms with E-state index in [-0.39, 0.29) is 0 Å². The second-order valence-corrected chi connectivity index (χ2v) is 7.38. The van der Waals surface area contributed by atoms with E-state index in [1.54, 1.807) is 0 Å². The van der Waals surface area contributed by atoms with Crippen LogP contribution in [0.25, 0.3) is 11.8 Å². The molecule has 0 aliphatic rings. The molecule has 3 aromatic carbocycles. The molecule has 0 amide bonds. The van der Waals surface area contributed by atoms with Crippen LogP contribution < -0.4 is 25.6 Å². The van der Waals surface area contributed by atoms with E-state index in [1.807, 2.05) is 7.05 Å². The monoisotopic (exact) mass is 372 g/mol. The fraction of sp³-hybridized carbons (Fsp3) is 0.200. The maximum absolute atomic E-state index is 2.21. The summed E-state index contributed by atoms with van der Waals surface area (Å²) in [5.74, 6) is 0. The second-order valence-electron chi connectivity index (χ2n) is 7.38. The highest BCUT2D eigenvalue weighted by Crippen LogP contribution is 2.25. The third-order valence-electron chi connectivity index (χ3n) is 4.90. The Kier molecular flexibility index (Phi) is 6.17. The summed E-state index contributed by atoms with van der Waals surface area (Å²) in [5.41, 5.74) is 6.11. The summed E-state index contributed by atoms with van der Waals surface area (Å²) >= 11 is 0. The summed E-state index contributed by atoms with van der Waals surface area (Å²) in [6.45, 7) is 0. The van der Waals surface area contributed by atoms with Crippen LogP contribution in [-0.2, 0) is 0 Å². The van der Waals surface area contributed by atoms with Gasteiger partial charge in [-0.15, -0.1) is 0 Å². The van der Waals surface area contributed by atoms with Crippen molar-refractivity contribution in [2.24, 2.45) is 0 Å². The highest BCUT2D eigenvalue weighted by molar-refractivity contribution is 5.80. The topological polar surface area (TPSA) is 23.1 Å². The van der Waals surface area contributed by atoms with E-state index in [9.17, 15) is 0 Å². The van der Waals surface area contributed by atoms with Crippen LogP contribution in [0.3, 0.4) is 0 Å². The molecule has 0 aliphatic carbocycles. The van der Waals surface area contributed by atoms with Gasteiger partial charge >= 0.3 is 0 Å². The number of nitrogens with zero attached hydrogens (tertiary/aromatic N) is 2. The first-order chi connectivity index (χ1) is 13.5. The normalized spacial score (nSPS) is 10.5. The Morgan fingerprint density at radius 3 is 1.43 bits per heavy atom. The van der Waals surface area contributed by atoms with E-state index in [0.717, 1.165) is 0 Å². The molecule has 3 heteroatoms. The maximum atomic E-state index is 2.21. The van der Waals surface area contributed by atoms with Crippen LogP contribution in [-0.4, -0.2) is 35.2 Å². The SMILES string of the molecule is C[NH2+]C=c1ccc(=C(c2ccc(N(C)C)cc2)c2ccc(N(C)C)cc2)cc1. The summed E-state index contributed by atoms with van der Waals surface area (Å²) in [6.07, 6.45) is 2.13. The molecule has 0 aromatic heterocycles. The number of nitrogens with two attached hydrogens (primary N) is 1. The molecule has 0 saturated carbocycles. The van der Waals surface area contributed by atoms with E-state index >= 15 is 0 Å². The van der Waals surface area contributed by atoms with Gasteiger partial charge in [-0.05, 0) is 58.3 Å². The predicted octanol–water partition coefficient (Wildman–Crippen LogP) is 2.00. The van der Waals surface area contributed by atoms with Crippen LogP contribution in [0, 0.1) is 0 Å². The van der Waals surface area contributed by atoms with Crippen LogP contribution in [0.4, 0.5) is 11.4 Å². The lowest BCUT2D eigenvalue weighted by Crippen LogP contribution is -2.73. The van der Waals surface area contributed by atoms with Gasteiger partial charge in [0.05, 0.1) is 13.2 Å². The Bertz CT molecular complexity index is 954. The summed E-state index contributed by atoms with van der Waals surface area (Å²) in [4.78, 5) is 4.25. The zero-order chi connectivity index (χ0) is 20.1. The number of rotatable bonds is 5. The van der Waals surface area contributed by atoms with E-state index < -0.39 is 0 Å². The Labute approximate surface area is 168 Å². The van der Waals surface area contributed by atoms with Gasteiger partial charge in [-0.25, -0.2) is 0 Å². The van der Waals surface area contributed by atoms with Gasteiger partial charge < -0.3 is 15.1 Å². The quantitative estimate of drug-likeness (QED) is 0.740. The van der Waals surface area contributed by atoms with E-state index in [4.69, 9.17) is 0 Å². The lowest BCUT2D eigenvalue weighted by Gasteiger charge is -2.16. The smallest absolute Gasteiger partial charge is 0.0996 e. The van der Waals surface area contributed by atoms with Crippen molar-refractivity contribution in [2.45, 2.75) is 0 Å². The highest BCUT2D eigenvalue weighted by atomic mass is 15.1. The van der Waals surface area contributed by atoms with Crippen molar-refractivity contribution in [3.8, 4) is 0 Å². The molecule has 0 spiro atoms. The number of hydrogen-bond donors (Lipinski definition) is 1. The van der Waals surface area contributed by atoms with Gasteiger partial charge in [0.1, 0.15) is 0 Å². The molecule has 3 nitrogen and oxygen atoms in total. The standard InChI is InChI=1S/C25H29N3/c1-26-18-19-6-8-20(9-7-19)25(21-10-14-23(15-11-21)27(2)3)22-12-16-24(17-13-22)28(4)5/h6-18,26H,1-5H3/p+1. The molecular weight excluding hydrogens is 342 g/mol. The number of anilines is 2. The number of hydrogen-bond acceptors (Lipinski definition) is 2. The molecule has 144 valence electrons. The first-order valence-corrected chi connectivity index (χ1v) is 9.65. The molecule has 0 radical (unpaired) electrons. The van der Waals surface area contributed by atoms with Crippen molar-refractivity contribution in [3.63, 3.8) is 0 Å². The summed E-state index contributed by atoms with van der Waals surface area (Å²) in [6, 6.07) is 26.3. The fourth-order valence-electron chi connectivity index (χ4n) is 3.31. The fourth-order valence-corrected chi connectivity index (χ4v) is 3.31. The minimum absolute atomic E-state index is 1.20. The first kappa shape index (κ1) is 19.7. The lowest BCUT2D eigenvalue weighted by molar-refractivity contribution is -0.519. The lowest BCUT2D eigenvalue weighted by atomic mass is 9.95. The van der Waals surface area contributed by atoms with Crippen LogP contribution in [0.2, 0.25) is 0 Å². The second kappa shape index (κ2) is 8.77. The maximum Gasteiger partial charge on any atom is 0.0996 e. The van der Waals surface area contributed by atoms with Gasteiger partial charge in [-0.2, -0.15) is 0 Å². The molecule has 28 heavy (non-hydrogen) atoms. The Hall–Kier alpha value is -3.04. The number of quaternary nitrogens is 1. The molecule has 3 rings (SSSR count). The average molecular weight is 373 g/mol. The molecule has 0 aliphatic heterocycles. The Balaban J connectivity index is 2.18. The zero-order valence-corrected chi connectivity index (χ0v) is 17.5. The van der Waals surface area contributed by atoms with Gasteiger partial charge in [0.2, 0.25) is 0 Å². The van der Waals surface area contributed by atoms with Crippen molar-refractivity contribution in [1.29, 1.82) is 0 Å². The van der Waals surface area contributed by atoms with E-state index in [1.165, 1.54) is 38.5 Å². The van der Waals surface area contributed by atoms with Crippen LogP contribution in [0.5, 0.6) is 0 Å². The summed E-state index contributed by atoms with van der Waals surface area (Å²) in [5, 5.41) is 4.51. The zero-order valence-electron chi connectivity index (χ0n) is 17.5. The summed E-state index contributed by atoms with van der Waals surface area (Å²) < 4.78 is 0. The molecule has 2 N–H and O–H groups in total. The molecule has 0 unspecified atom stereocenters. The summed E-state index contributed by atoms with van der Waals surface area (Å²) in [7, 11) is 10.3. The van der Waals surface area contributed by atoms with Crippen LogP contribution >= 0.6 is 0 Å². The first-order valence-electron chi connectivity index (χ1n) is 9.65. The average Bonchev–Trinajstić information content (AvgIpc) is 2.70. The molecule has 0 saturated heterocycles. The van der Waals surface area contributed by atoms with E-state index in [0.29, 0.717) is 0 Å². The molecule has 0 heterocycles. The van der Waals surface area contributed by atoms with Gasteiger partial charge in [-0.1, -0.05) is 36.4 Å². The van der Waals surface area contributed by atoms with Crippen molar-refractivity contribution in [2.75, 3.05) is 45.0 Å². The minimum atomic E-state index is 1.20. The van der Waals surface area contributed by atoms with Gasteiger partial charge in [0, 0.05) is 44.8 Å². The predicted molar refractivity (Wildman–Crippen MR) is 121 cm³/mol. The Morgan fingerprint density at radius 1 is 0.643 bits per heavy atom. The molecular formula is C25H30N3+. The highest BCUT2D eigenvalue weighted by Gasteiger charge is 2.08. The van der Waals surface area contributed by atoms with Crippen molar-refractivity contribution < 1.29 is 5.32 Å². The third kappa shape index (κ3) is 4.44. The largest absolute Gasteiger partial charge is 0.378 e. The third-order valence-corrected chi connectivity index (χ3v) is 4.90. The van der Waals surface area contributed by atoms with Crippen LogP contribution in [0.15, 0.2) is 72.8 Å². The van der Waals surface area contributed by atoms with Crippen molar-refractivity contribution in [1.82, 2.24) is 0 Å².